The molecule has 0 fully saturated rings. The van der Waals surface area contributed by atoms with E-state index >= 15 is 0 Å². The summed E-state index contributed by atoms with van der Waals surface area (Å²) in [5, 5.41) is 10.6. The van der Waals surface area contributed by atoms with E-state index in [-0.39, 0.29) is 17.7 Å². The van der Waals surface area contributed by atoms with Crippen LogP contribution in [0.25, 0.3) is 11.3 Å². The quantitative estimate of drug-likeness (QED) is 0.361. The van der Waals surface area contributed by atoms with Crippen molar-refractivity contribution in [1.29, 1.82) is 0 Å². The van der Waals surface area contributed by atoms with Gasteiger partial charge in [0.1, 0.15) is 12.0 Å². The minimum atomic E-state index is -0.486. The van der Waals surface area contributed by atoms with Crippen LogP contribution in [0, 0.1) is 10.1 Å². The van der Waals surface area contributed by atoms with Gasteiger partial charge in [-0.05, 0) is 0 Å². The summed E-state index contributed by atoms with van der Waals surface area (Å²) in [6, 6.07) is 6.00. The molecule has 18 heavy (non-hydrogen) atoms. The normalized spacial score (nSPS) is 10.0. The molecule has 0 aliphatic heterocycles. The van der Waals surface area contributed by atoms with E-state index in [0.717, 1.165) is 0 Å². The average Bonchev–Trinajstić information content (AvgIpc) is 2.77. The summed E-state index contributed by atoms with van der Waals surface area (Å²) in [5.41, 5.74) is 11.3. The van der Waals surface area contributed by atoms with Crippen LogP contribution in [-0.2, 0) is 0 Å². The number of aromatic nitrogens is 1. The molecule has 0 saturated heterocycles. The van der Waals surface area contributed by atoms with E-state index < -0.39 is 4.92 Å². The Morgan fingerprint density at radius 3 is 2.89 bits per heavy atom. The predicted octanol–water partition coefficient (Wildman–Crippen LogP) is 1.15. The molecule has 1 aromatic heterocycles. The van der Waals surface area contributed by atoms with Crippen molar-refractivity contribution in [3.05, 3.63) is 40.6 Å². The average molecular weight is 247 g/mol. The molecule has 8 heteroatoms. The Morgan fingerprint density at radius 1 is 1.44 bits per heavy atom. The van der Waals surface area contributed by atoms with E-state index in [4.69, 9.17) is 15.9 Å². The van der Waals surface area contributed by atoms with E-state index in [9.17, 15) is 10.1 Å². The Kier molecular flexibility index (Phi) is 2.92. The highest BCUT2D eigenvalue weighted by Gasteiger charge is 2.10. The molecule has 4 N–H and O–H groups in total. The Morgan fingerprint density at radius 2 is 2.22 bits per heavy atom. The van der Waals surface area contributed by atoms with Crippen molar-refractivity contribution in [3.63, 3.8) is 0 Å². The fraction of sp³-hybridized carbons (Fsp3) is 0. The lowest BCUT2D eigenvalue weighted by Crippen LogP contribution is -2.21. The maximum absolute atomic E-state index is 10.6. The van der Waals surface area contributed by atoms with Gasteiger partial charge in [0.15, 0.2) is 5.96 Å². The topological polar surface area (TPSA) is 134 Å². The number of benzene rings is 1. The summed E-state index contributed by atoms with van der Waals surface area (Å²) in [7, 11) is 0. The maximum atomic E-state index is 10.6. The Balaban J connectivity index is 2.37. The number of guanidine groups is 1. The van der Waals surface area contributed by atoms with Crippen LogP contribution in [-0.4, -0.2) is 15.9 Å². The van der Waals surface area contributed by atoms with E-state index in [1.54, 1.807) is 12.1 Å². The number of nitro benzene ring substituents is 1. The third-order valence-corrected chi connectivity index (χ3v) is 2.07. The van der Waals surface area contributed by atoms with E-state index in [2.05, 4.69) is 9.98 Å². The monoisotopic (exact) mass is 247 g/mol. The zero-order valence-electron chi connectivity index (χ0n) is 9.11. The maximum Gasteiger partial charge on any atom is 0.325 e. The first-order valence-electron chi connectivity index (χ1n) is 4.86. The summed E-state index contributed by atoms with van der Waals surface area (Å²) in [4.78, 5) is 17.8. The Hall–Kier alpha value is -2.90. The number of hydrogen-bond acceptors (Lipinski definition) is 5. The van der Waals surface area contributed by atoms with Gasteiger partial charge >= 0.3 is 6.01 Å². The fourth-order valence-corrected chi connectivity index (χ4v) is 1.34. The van der Waals surface area contributed by atoms with Gasteiger partial charge in [0, 0.05) is 17.7 Å². The second-order valence-electron chi connectivity index (χ2n) is 3.36. The van der Waals surface area contributed by atoms with Crippen molar-refractivity contribution in [2.45, 2.75) is 0 Å². The number of nitrogens with zero attached hydrogens (tertiary/aromatic N) is 3. The lowest BCUT2D eigenvalue weighted by atomic mass is 10.1. The predicted molar refractivity (Wildman–Crippen MR) is 64.1 cm³/mol. The first-order chi connectivity index (χ1) is 8.56. The van der Waals surface area contributed by atoms with Gasteiger partial charge in [0.25, 0.3) is 5.69 Å². The van der Waals surface area contributed by atoms with Gasteiger partial charge in [-0.2, -0.15) is 9.98 Å². The third-order valence-electron chi connectivity index (χ3n) is 2.07. The van der Waals surface area contributed by atoms with Crippen molar-refractivity contribution >= 4 is 17.7 Å². The molecule has 0 atom stereocenters. The van der Waals surface area contributed by atoms with Crippen molar-refractivity contribution in [1.82, 2.24) is 4.98 Å². The molecule has 0 radical (unpaired) electrons. The molecule has 2 rings (SSSR count). The van der Waals surface area contributed by atoms with Crippen LogP contribution in [0.4, 0.5) is 11.7 Å². The molecule has 0 spiro atoms. The Bertz CT molecular complexity index is 615. The minimum absolute atomic E-state index is 0.00324. The largest absolute Gasteiger partial charge is 0.430 e. The number of oxazole rings is 1. The highest BCUT2D eigenvalue weighted by molar-refractivity contribution is 5.78. The van der Waals surface area contributed by atoms with Crippen LogP contribution < -0.4 is 11.5 Å². The van der Waals surface area contributed by atoms with Gasteiger partial charge in [0.05, 0.1) is 4.92 Å². The number of rotatable bonds is 3. The second kappa shape index (κ2) is 4.53. The molecule has 0 aliphatic rings. The highest BCUT2D eigenvalue weighted by atomic mass is 16.6. The summed E-state index contributed by atoms with van der Waals surface area (Å²) < 4.78 is 5.00. The molecule has 0 bridgehead atoms. The molecular weight excluding hydrogens is 238 g/mol. The summed E-state index contributed by atoms with van der Waals surface area (Å²) in [6.07, 6.45) is 1.32. The van der Waals surface area contributed by atoms with Crippen LogP contribution in [0.5, 0.6) is 0 Å². The van der Waals surface area contributed by atoms with Crippen LogP contribution in [0.3, 0.4) is 0 Å². The van der Waals surface area contributed by atoms with E-state index in [1.165, 1.54) is 18.4 Å². The second-order valence-corrected chi connectivity index (χ2v) is 3.36. The van der Waals surface area contributed by atoms with Crippen molar-refractivity contribution in [3.8, 4) is 11.3 Å². The van der Waals surface area contributed by atoms with Crippen LogP contribution in [0.1, 0.15) is 0 Å². The standard InChI is InChI=1S/C10H9N5O3/c11-9(12)14-10-13-8(5-18-10)6-2-1-3-7(4-6)15(16)17/h1-5H,(H4,11,12,13,14). The van der Waals surface area contributed by atoms with E-state index in [1.807, 2.05) is 0 Å². The van der Waals surface area contributed by atoms with Gasteiger partial charge < -0.3 is 15.9 Å². The number of hydrogen-bond donors (Lipinski definition) is 2. The number of aliphatic imine (C=N–C) groups is 1. The first-order valence-corrected chi connectivity index (χ1v) is 4.86. The molecule has 92 valence electrons. The van der Waals surface area contributed by atoms with Gasteiger partial charge in [-0.15, -0.1) is 0 Å². The van der Waals surface area contributed by atoms with Crippen molar-refractivity contribution in [2.24, 2.45) is 16.5 Å². The van der Waals surface area contributed by atoms with Crippen molar-refractivity contribution < 1.29 is 9.34 Å². The fourth-order valence-electron chi connectivity index (χ4n) is 1.34. The van der Waals surface area contributed by atoms with Gasteiger partial charge in [0.2, 0.25) is 0 Å². The van der Waals surface area contributed by atoms with E-state index in [0.29, 0.717) is 11.3 Å². The summed E-state index contributed by atoms with van der Waals surface area (Å²) in [6.45, 7) is 0. The molecule has 1 aromatic carbocycles. The third kappa shape index (κ3) is 2.43. The SMILES string of the molecule is NC(N)=Nc1nc(-c2cccc([N+](=O)[O-])c2)co1. The molecule has 1 heterocycles. The smallest absolute Gasteiger partial charge is 0.325 e. The minimum Gasteiger partial charge on any atom is -0.430 e. The lowest BCUT2D eigenvalue weighted by Gasteiger charge is -1.95. The molecule has 0 amide bonds. The number of non-ortho nitro benzene ring substituents is 1. The summed E-state index contributed by atoms with van der Waals surface area (Å²) in [5.74, 6) is -0.178. The summed E-state index contributed by atoms with van der Waals surface area (Å²) >= 11 is 0. The molecule has 0 saturated carbocycles. The molecule has 8 nitrogen and oxygen atoms in total. The van der Waals surface area contributed by atoms with Gasteiger partial charge in [-0.3, -0.25) is 10.1 Å². The highest BCUT2D eigenvalue weighted by Crippen LogP contribution is 2.25. The molecule has 0 unspecified atom stereocenters. The van der Waals surface area contributed by atoms with Gasteiger partial charge in [-0.25, -0.2) is 0 Å². The Labute approximate surface area is 101 Å². The van der Waals surface area contributed by atoms with Crippen LogP contribution >= 0.6 is 0 Å². The zero-order valence-corrected chi connectivity index (χ0v) is 9.11. The molecular formula is C10H9N5O3. The van der Waals surface area contributed by atoms with Gasteiger partial charge in [-0.1, -0.05) is 12.1 Å². The molecule has 2 aromatic rings. The first kappa shape index (κ1) is 11.6. The lowest BCUT2D eigenvalue weighted by molar-refractivity contribution is -0.384. The van der Waals surface area contributed by atoms with Crippen molar-refractivity contribution in [2.75, 3.05) is 0 Å². The number of nitro groups is 1. The molecule has 0 aliphatic carbocycles. The zero-order chi connectivity index (χ0) is 13.1. The van der Waals surface area contributed by atoms with Crippen LogP contribution in [0.15, 0.2) is 39.9 Å². The number of nitrogens with two attached hydrogens (primary N) is 2. The van der Waals surface area contributed by atoms with Crippen LogP contribution in [0.2, 0.25) is 0 Å².